The topological polar surface area (TPSA) is 42.1 Å². The maximum atomic E-state index is 11.8. The van der Waals surface area contributed by atoms with E-state index in [0.29, 0.717) is 11.5 Å². The van der Waals surface area contributed by atoms with Crippen LogP contribution in [-0.2, 0) is 10.2 Å². The summed E-state index contributed by atoms with van der Waals surface area (Å²) in [6.07, 6.45) is 2.07. The van der Waals surface area contributed by atoms with Gasteiger partial charge in [-0.05, 0) is 36.1 Å². The van der Waals surface area contributed by atoms with Crippen molar-refractivity contribution in [2.24, 2.45) is 5.92 Å². The van der Waals surface area contributed by atoms with Gasteiger partial charge < -0.3 is 9.72 Å². The van der Waals surface area contributed by atoms with Crippen LogP contribution in [0.5, 0.6) is 0 Å². The van der Waals surface area contributed by atoms with Crippen LogP contribution in [0.3, 0.4) is 0 Å². The van der Waals surface area contributed by atoms with Crippen LogP contribution >= 0.6 is 0 Å². The van der Waals surface area contributed by atoms with Crippen molar-refractivity contribution in [3.8, 4) is 0 Å². The number of aromatic amines is 1. The van der Waals surface area contributed by atoms with E-state index in [2.05, 4.69) is 63.1 Å². The number of esters is 1. The number of aromatic nitrogens is 1. The van der Waals surface area contributed by atoms with E-state index in [4.69, 9.17) is 4.74 Å². The number of H-pyrrole nitrogens is 1. The molecule has 0 aliphatic rings. The highest BCUT2D eigenvalue weighted by Gasteiger charge is 2.34. The van der Waals surface area contributed by atoms with Crippen molar-refractivity contribution in [3.05, 3.63) is 70.9 Å². The quantitative estimate of drug-likeness (QED) is 0.535. The predicted molar refractivity (Wildman–Crippen MR) is 116 cm³/mol. The first-order chi connectivity index (χ1) is 12.9. The number of benzene rings is 2. The summed E-state index contributed by atoms with van der Waals surface area (Å²) < 4.78 is 4.83. The Kier molecular flexibility index (Phi) is 6.48. The minimum absolute atomic E-state index is 0. The molecule has 3 rings (SSSR count). The molecule has 3 nitrogen and oxygen atoms in total. The lowest BCUT2D eigenvalue weighted by molar-refractivity contribution is 0.0601. The lowest BCUT2D eigenvalue weighted by Gasteiger charge is -2.35. The molecule has 1 heterocycles. The third kappa shape index (κ3) is 3.78. The minimum atomic E-state index is -0.316. The van der Waals surface area contributed by atoms with Gasteiger partial charge in [0.1, 0.15) is 0 Å². The van der Waals surface area contributed by atoms with E-state index in [-0.39, 0.29) is 12.8 Å². The number of ether oxygens (including phenoxy) is 1. The Morgan fingerprint density at radius 1 is 1.11 bits per heavy atom. The zero-order valence-corrected chi connectivity index (χ0v) is 17.5. The van der Waals surface area contributed by atoms with E-state index in [1.54, 1.807) is 0 Å². The van der Waals surface area contributed by atoms with Crippen LogP contribution in [0.2, 0.25) is 0 Å². The van der Waals surface area contributed by atoms with Gasteiger partial charge in [0.25, 0.3) is 0 Å². The summed E-state index contributed by atoms with van der Waals surface area (Å²) in [5.74, 6) is 0.0951. The van der Waals surface area contributed by atoms with Crippen molar-refractivity contribution < 1.29 is 11.0 Å². The van der Waals surface area contributed by atoms with Crippen molar-refractivity contribution in [1.29, 1.82) is 0 Å². The van der Waals surface area contributed by atoms with E-state index in [1.807, 2.05) is 32.0 Å². The van der Waals surface area contributed by atoms with Gasteiger partial charge in [-0.25, -0.2) is 4.79 Å². The molecular weight excluding hydrogens is 334 g/mol. The van der Waals surface area contributed by atoms with Gasteiger partial charge in [0.05, 0.1) is 12.7 Å². The molecule has 0 fully saturated rings. The molecule has 2 aromatic carbocycles. The number of carbonyl (C=O) groups is 1. The molecule has 146 valence electrons. The number of rotatable bonds is 4. The van der Waals surface area contributed by atoms with Crippen molar-refractivity contribution in [2.75, 3.05) is 7.11 Å². The van der Waals surface area contributed by atoms with Crippen molar-refractivity contribution in [1.82, 2.24) is 4.98 Å². The second-order valence-corrected chi connectivity index (χ2v) is 7.18. The maximum absolute atomic E-state index is 11.8. The Labute approximate surface area is 164 Å². The molecule has 1 N–H and O–H groups in total. The molecule has 1 atom stereocenters. The van der Waals surface area contributed by atoms with Gasteiger partial charge in [0.15, 0.2) is 0 Å². The molecule has 0 aliphatic heterocycles. The summed E-state index contributed by atoms with van der Waals surface area (Å²) in [7, 11) is 1.40. The summed E-state index contributed by atoms with van der Waals surface area (Å²) in [6.45, 7) is 12.9. The lowest BCUT2D eigenvalue weighted by atomic mass is 9.68. The van der Waals surface area contributed by atoms with Crippen LogP contribution in [0.4, 0.5) is 0 Å². The average molecular weight is 368 g/mol. The molecule has 0 radical (unpaired) electrons. The van der Waals surface area contributed by atoms with Crippen molar-refractivity contribution in [3.63, 3.8) is 0 Å². The second kappa shape index (κ2) is 8.43. The van der Waals surface area contributed by atoms with Gasteiger partial charge in [-0.15, -0.1) is 0 Å². The summed E-state index contributed by atoms with van der Waals surface area (Å²) in [5, 5.41) is 1.14. The first-order valence-corrected chi connectivity index (χ1v) is 9.65. The molecule has 0 saturated heterocycles. The van der Waals surface area contributed by atoms with E-state index < -0.39 is 0 Å². The molecule has 27 heavy (non-hydrogen) atoms. The molecule has 0 aliphatic carbocycles. The molecule has 1 aromatic heterocycles. The Bertz CT molecular complexity index is 912. The van der Waals surface area contributed by atoms with E-state index in [9.17, 15) is 4.79 Å². The number of hydrogen-bond acceptors (Lipinski definition) is 2. The van der Waals surface area contributed by atoms with Gasteiger partial charge in [-0.1, -0.05) is 70.5 Å². The van der Waals surface area contributed by atoms with Gasteiger partial charge in [-0.3, -0.25) is 0 Å². The van der Waals surface area contributed by atoms with Crippen LogP contribution in [0.15, 0.2) is 48.7 Å². The zero-order chi connectivity index (χ0) is 20.2. The molecule has 0 amide bonds. The number of hydrogen-bond donors (Lipinski definition) is 1. The smallest absolute Gasteiger partial charge is 0.337 e. The molecule has 0 bridgehead atoms. The highest BCUT2D eigenvalue weighted by Crippen LogP contribution is 2.42. The number of fused-ring (bicyclic) bond motifs is 1. The first kappa shape index (κ1) is 20.8. The molecule has 0 spiro atoms. The third-order valence-corrected chi connectivity index (χ3v) is 5.47. The van der Waals surface area contributed by atoms with Crippen LogP contribution < -0.4 is 0 Å². The summed E-state index contributed by atoms with van der Waals surface area (Å²) >= 11 is 0. The second-order valence-electron chi connectivity index (χ2n) is 7.18. The van der Waals surface area contributed by atoms with Crippen LogP contribution in [-0.4, -0.2) is 18.1 Å². The monoisotopic (exact) mass is 367 g/mol. The van der Waals surface area contributed by atoms with Crippen LogP contribution in [0.25, 0.3) is 10.9 Å². The molecule has 3 heteroatoms. The Balaban J connectivity index is 0.00000127. The van der Waals surface area contributed by atoms with E-state index in [0.717, 1.165) is 10.9 Å². The highest BCUT2D eigenvalue weighted by molar-refractivity contribution is 5.95. The molecule has 3 aromatic rings. The average Bonchev–Trinajstić information content (AvgIpc) is 3.12. The highest BCUT2D eigenvalue weighted by atomic mass is 16.5. The van der Waals surface area contributed by atoms with Crippen LogP contribution in [0.1, 0.15) is 63.1 Å². The molecular formula is C24H33NO2. The Hall–Kier alpha value is -2.55. The van der Waals surface area contributed by atoms with E-state index >= 15 is 0 Å². The maximum Gasteiger partial charge on any atom is 0.337 e. The number of carbonyl (C=O) groups excluding carboxylic acids is 1. The van der Waals surface area contributed by atoms with Crippen molar-refractivity contribution >= 4 is 16.9 Å². The van der Waals surface area contributed by atoms with Gasteiger partial charge in [-0.2, -0.15) is 0 Å². The first-order valence-electron chi connectivity index (χ1n) is 9.65. The number of methoxy groups -OCH3 is 1. The fourth-order valence-electron chi connectivity index (χ4n) is 3.50. The lowest BCUT2D eigenvalue weighted by Crippen LogP contribution is -2.29. The van der Waals surface area contributed by atoms with Gasteiger partial charge in [0.2, 0.25) is 0 Å². The predicted octanol–water partition coefficient (Wildman–Crippen LogP) is 6.50. The van der Waals surface area contributed by atoms with Crippen molar-refractivity contribution in [2.45, 2.75) is 47.0 Å². The van der Waals surface area contributed by atoms with Crippen LogP contribution in [0, 0.1) is 12.8 Å². The molecule has 0 saturated carbocycles. The standard InChI is InChI=1S/C22H25NO2.C2H6.H2/c1-14(2)22(4,17-9-6-15(3)7-10-17)19-13-23-20-12-16(21(24)25-5)8-11-18(19)20;1-2;/h6-14,23H,1-5H3;1-2H3;1H. The summed E-state index contributed by atoms with van der Waals surface area (Å²) in [6, 6.07) is 14.5. The third-order valence-electron chi connectivity index (χ3n) is 5.47. The summed E-state index contributed by atoms with van der Waals surface area (Å²) in [4.78, 5) is 15.1. The summed E-state index contributed by atoms with van der Waals surface area (Å²) in [5.41, 5.74) is 5.20. The Morgan fingerprint density at radius 2 is 1.74 bits per heavy atom. The SMILES string of the molecule is CC.COC(=O)c1ccc2c(C(C)(c3ccc(C)cc3)C(C)C)c[nH]c2c1.[HH]. The minimum Gasteiger partial charge on any atom is -0.465 e. The largest absolute Gasteiger partial charge is 0.465 e. The fourth-order valence-corrected chi connectivity index (χ4v) is 3.50. The number of nitrogens with one attached hydrogen (secondary N) is 1. The van der Waals surface area contributed by atoms with E-state index in [1.165, 1.54) is 23.8 Å². The van der Waals surface area contributed by atoms with Gasteiger partial charge >= 0.3 is 5.97 Å². The fraction of sp³-hybridized carbons (Fsp3) is 0.375. The normalized spacial score (nSPS) is 13.0. The Morgan fingerprint density at radius 3 is 2.30 bits per heavy atom. The van der Waals surface area contributed by atoms with Gasteiger partial charge in [0, 0.05) is 23.9 Å². The zero-order valence-electron chi connectivity index (χ0n) is 17.5. The molecule has 1 unspecified atom stereocenters. The number of aryl methyl sites for hydroxylation is 1.